The van der Waals surface area contributed by atoms with Crippen LogP contribution in [0.2, 0.25) is 0 Å². The quantitative estimate of drug-likeness (QED) is 0.727. The van der Waals surface area contributed by atoms with Gasteiger partial charge in [-0.2, -0.15) is 0 Å². The van der Waals surface area contributed by atoms with Gasteiger partial charge in [-0.05, 0) is 19.3 Å². The summed E-state index contributed by atoms with van der Waals surface area (Å²) < 4.78 is 5.32. The Balaban J connectivity index is 1.38. The summed E-state index contributed by atoms with van der Waals surface area (Å²) in [6.45, 7) is 6.51. The molecule has 1 aliphatic carbocycles. The largest absolute Gasteiger partial charge is 0.379 e. The molecule has 1 N–H and O–H groups in total. The van der Waals surface area contributed by atoms with Crippen molar-refractivity contribution in [3.63, 3.8) is 0 Å². The molecule has 0 atom stereocenters. The van der Waals surface area contributed by atoms with Crippen molar-refractivity contribution in [1.29, 1.82) is 0 Å². The summed E-state index contributed by atoms with van der Waals surface area (Å²) in [7, 11) is 0. The normalized spacial score (nSPS) is 28.0. The predicted molar refractivity (Wildman–Crippen MR) is 63.6 cm³/mol. The molecule has 2 heterocycles. The first kappa shape index (κ1) is 11.4. The molecule has 3 aliphatic rings. The average molecular weight is 239 g/mol. The average Bonchev–Trinajstić information content (AvgIpc) is 3.09. The Bertz CT molecular complexity index is 298. The maximum Gasteiger partial charge on any atom is 0.243 e. The second-order valence-electron chi connectivity index (χ2n) is 5.29. The number of rotatable bonds is 4. The van der Waals surface area contributed by atoms with Crippen LogP contribution >= 0.6 is 0 Å². The molecule has 0 aromatic carbocycles. The van der Waals surface area contributed by atoms with Gasteiger partial charge in [0.1, 0.15) is 0 Å². The van der Waals surface area contributed by atoms with Gasteiger partial charge in [-0.25, -0.2) is 0 Å². The van der Waals surface area contributed by atoms with Crippen molar-refractivity contribution in [2.75, 3.05) is 46.1 Å². The van der Waals surface area contributed by atoms with Crippen LogP contribution in [0.15, 0.2) is 0 Å². The molecule has 0 radical (unpaired) electrons. The Hall–Kier alpha value is -0.650. The number of amides is 1. The molecule has 0 aromatic heterocycles. The van der Waals surface area contributed by atoms with E-state index in [0.29, 0.717) is 5.91 Å². The monoisotopic (exact) mass is 239 g/mol. The van der Waals surface area contributed by atoms with Crippen molar-refractivity contribution in [2.45, 2.75) is 24.8 Å². The summed E-state index contributed by atoms with van der Waals surface area (Å²) in [6.07, 6.45) is 3.14. The lowest BCUT2D eigenvalue weighted by molar-refractivity contribution is -0.129. The summed E-state index contributed by atoms with van der Waals surface area (Å²) in [5.41, 5.74) is -0.126. The van der Waals surface area contributed by atoms with Gasteiger partial charge in [0, 0.05) is 26.2 Å². The minimum atomic E-state index is -0.126. The van der Waals surface area contributed by atoms with Gasteiger partial charge < -0.3 is 9.64 Å². The van der Waals surface area contributed by atoms with Crippen LogP contribution in [0.4, 0.5) is 0 Å². The van der Waals surface area contributed by atoms with E-state index in [4.69, 9.17) is 4.74 Å². The maximum absolute atomic E-state index is 12.0. The third-order valence-corrected chi connectivity index (χ3v) is 4.06. The number of hydrogen-bond donors (Lipinski definition) is 1. The van der Waals surface area contributed by atoms with Crippen LogP contribution in [0.3, 0.4) is 0 Å². The molecule has 0 bridgehead atoms. The van der Waals surface area contributed by atoms with Gasteiger partial charge in [0.25, 0.3) is 0 Å². The number of carbonyl (C=O) groups excluding carboxylic acids is 1. The summed E-state index contributed by atoms with van der Waals surface area (Å²) >= 11 is 0. The summed E-state index contributed by atoms with van der Waals surface area (Å²) in [5, 5.41) is 3.34. The lowest BCUT2D eigenvalue weighted by atomic mass is 10.2. The fraction of sp³-hybridized carbons (Fsp3) is 0.917. The zero-order chi connectivity index (χ0) is 11.7. The molecule has 17 heavy (non-hydrogen) atoms. The second kappa shape index (κ2) is 4.55. The van der Waals surface area contributed by atoms with Gasteiger partial charge in [-0.15, -0.1) is 0 Å². The first-order valence-corrected chi connectivity index (χ1v) is 6.65. The third-order valence-electron chi connectivity index (χ3n) is 4.06. The molecule has 2 saturated heterocycles. The molecule has 1 saturated carbocycles. The predicted octanol–water partition coefficient (Wildman–Crippen LogP) is -0.369. The molecule has 0 unspecified atom stereocenters. The Morgan fingerprint density at radius 2 is 2.00 bits per heavy atom. The van der Waals surface area contributed by atoms with E-state index in [2.05, 4.69) is 10.2 Å². The first-order valence-electron chi connectivity index (χ1n) is 6.65. The minimum absolute atomic E-state index is 0.126. The lowest BCUT2D eigenvalue weighted by Crippen LogP contribution is -2.38. The molecule has 96 valence electrons. The molecular weight excluding hydrogens is 218 g/mol. The van der Waals surface area contributed by atoms with E-state index in [1.165, 1.54) is 0 Å². The SMILES string of the molecule is O=C1N(CCCN2CCOCC2)CNC12CC2. The number of hydrogen-bond acceptors (Lipinski definition) is 4. The molecule has 1 spiro atoms. The highest BCUT2D eigenvalue weighted by molar-refractivity contribution is 5.91. The van der Waals surface area contributed by atoms with Crippen molar-refractivity contribution in [3.8, 4) is 0 Å². The van der Waals surface area contributed by atoms with E-state index in [-0.39, 0.29) is 5.54 Å². The molecule has 5 heteroatoms. The van der Waals surface area contributed by atoms with E-state index in [1.54, 1.807) is 0 Å². The third kappa shape index (κ3) is 2.32. The zero-order valence-corrected chi connectivity index (χ0v) is 10.3. The van der Waals surface area contributed by atoms with Crippen molar-refractivity contribution in [1.82, 2.24) is 15.1 Å². The van der Waals surface area contributed by atoms with Crippen molar-refractivity contribution < 1.29 is 9.53 Å². The number of ether oxygens (including phenoxy) is 1. The summed E-state index contributed by atoms with van der Waals surface area (Å²) in [4.78, 5) is 16.4. The first-order chi connectivity index (χ1) is 8.30. The highest BCUT2D eigenvalue weighted by atomic mass is 16.5. The second-order valence-corrected chi connectivity index (χ2v) is 5.29. The van der Waals surface area contributed by atoms with Crippen molar-refractivity contribution in [2.24, 2.45) is 0 Å². The fourth-order valence-corrected chi connectivity index (χ4v) is 2.70. The van der Waals surface area contributed by atoms with Crippen LogP contribution in [-0.4, -0.2) is 67.3 Å². The minimum Gasteiger partial charge on any atom is -0.379 e. The van der Waals surface area contributed by atoms with E-state index in [1.807, 2.05) is 4.90 Å². The van der Waals surface area contributed by atoms with Gasteiger partial charge in [0.15, 0.2) is 0 Å². The van der Waals surface area contributed by atoms with E-state index in [0.717, 1.165) is 65.3 Å². The smallest absolute Gasteiger partial charge is 0.243 e. The van der Waals surface area contributed by atoms with Gasteiger partial charge >= 0.3 is 0 Å². The number of carbonyl (C=O) groups is 1. The highest BCUT2D eigenvalue weighted by Crippen LogP contribution is 2.39. The van der Waals surface area contributed by atoms with Crippen LogP contribution in [0.1, 0.15) is 19.3 Å². The molecule has 5 nitrogen and oxygen atoms in total. The van der Waals surface area contributed by atoms with E-state index < -0.39 is 0 Å². The van der Waals surface area contributed by atoms with Crippen LogP contribution in [0.5, 0.6) is 0 Å². The molecule has 2 aliphatic heterocycles. The van der Waals surface area contributed by atoms with Gasteiger partial charge in [-0.1, -0.05) is 0 Å². The van der Waals surface area contributed by atoms with Crippen LogP contribution < -0.4 is 5.32 Å². The number of nitrogens with zero attached hydrogens (tertiary/aromatic N) is 2. The molecule has 3 rings (SSSR count). The molecule has 1 amide bonds. The zero-order valence-electron chi connectivity index (χ0n) is 10.3. The molecule has 0 aromatic rings. The fourth-order valence-electron chi connectivity index (χ4n) is 2.70. The van der Waals surface area contributed by atoms with Crippen molar-refractivity contribution >= 4 is 5.91 Å². The van der Waals surface area contributed by atoms with Crippen LogP contribution in [0.25, 0.3) is 0 Å². The topological polar surface area (TPSA) is 44.8 Å². The highest BCUT2D eigenvalue weighted by Gasteiger charge is 2.55. The number of morpholine rings is 1. The summed E-state index contributed by atoms with van der Waals surface area (Å²) in [6, 6.07) is 0. The molecule has 3 fully saturated rings. The standard InChI is InChI=1S/C12H21N3O2/c16-11-12(2-3-12)13-10-15(11)5-1-4-14-6-8-17-9-7-14/h13H,1-10H2. The Morgan fingerprint density at radius 1 is 1.24 bits per heavy atom. The van der Waals surface area contributed by atoms with Gasteiger partial charge in [0.05, 0.1) is 25.4 Å². The van der Waals surface area contributed by atoms with Crippen LogP contribution in [0, 0.1) is 0 Å². The van der Waals surface area contributed by atoms with Gasteiger partial charge in [-0.3, -0.25) is 15.0 Å². The number of nitrogens with one attached hydrogen (secondary N) is 1. The summed E-state index contributed by atoms with van der Waals surface area (Å²) in [5.74, 6) is 0.333. The maximum atomic E-state index is 12.0. The lowest BCUT2D eigenvalue weighted by Gasteiger charge is -2.27. The van der Waals surface area contributed by atoms with Crippen LogP contribution in [-0.2, 0) is 9.53 Å². The molecular formula is C12H21N3O2. The Kier molecular flexibility index (Phi) is 3.06. The van der Waals surface area contributed by atoms with Gasteiger partial charge in [0.2, 0.25) is 5.91 Å². The van der Waals surface area contributed by atoms with Crippen molar-refractivity contribution in [3.05, 3.63) is 0 Å². The Labute approximate surface area is 102 Å². The van der Waals surface area contributed by atoms with E-state index >= 15 is 0 Å². The Morgan fingerprint density at radius 3 is 2.65 bits per heavy atom. The van der Waals surface area contributed by atoms with E-state index in [9.17, 15) is 4.79 Å².